The Bertz CT molecular complexity index is 580. The summed E-state index contributed by atoms with van der Waals surface area (Å²) in [6.45, 7) is 1.61. The molecule has 0 saturated carbocycles. The van der Waals surface area contributed by atoms with Crippen LogP contribution >= 0.6 is 11.8 Å². The normalized spacial score (nSPS) is 11.7. The number of likely N-dealkylation sites (N-methyl/N-ethyl adjacent to an activating group) is 1. The van der Waals surface area contributed by atoms with Crippen LogP contribution in [0.25, 0.3) is 0 Å². The molecule has 126 valence electrons. The van der Waals surface area contributed by atoms with E-state index in [9.17, 15) is 14.4 Å². The third kappa shape index (κ3) is 5.91. The Labute approximate surface area is 139 Å². The molecule has 1 aromatic carbocycles. The van der Waals surface area contributed by atoms with Crippen molar-refractivity contribution in [2.24, 2.45) is 0 Å². The number of methoxy groups -OCH3 is 1. The number of nitrogens with one attached hydrogen (secondary N) is 2. The van der Waals surface area contributed by atoms with Gasteiger partial charge in [-0.25, -0.2) is 4.79 Å². The van der Waals surface area contributed by atoms with Crippen molar-refractivity contribution < 1.29 is 19.1 Å². The zero-order valence-electron chi connectivity index (χ0n) is 13.6. The number of benzene rings is 1. The van der Waals surface area contributed by atoms with Crippen LogP contribution in [0.3, 0.4) is 0 Å². The van der Waals surface area contributed by atoms with Crippen LogP contribution in [0.2, 0.25) is 0 Å². The molecule has 0 bridgehead atoms. The summed E-state index contributed by atoms with van der Waals surface area (Å²) >= 11 is 1.53. The van der Waals surface area contributed by atoms with Crippen molar-refractivity contribution in [1.82, 2.24) is 10.2 Å². The van der Waals surface area contributed by atoms with Gasteiger partial charge in [0.15, 0.2) is 0 Å². The molecule has 0 aliphatic heterocycles. The lowest BCUT2D eigenvalue weighted by molar-refractivity contribution is -0.125. The lowest BCUT2D eigenvalue weighted by Gasteiger charge is -2.22. The van der Waals surface area contributed by atoms with Gasteiger partial charge in [0.2, 0.25) is 11.8 Å². The number of amides is 3. The number of ether oxygens (including phenoxy) is 1. The minimum Gasteiger partial charge on any atom is -0.453 e. The van der Waals surface area contributed by atoms with E-state index in [0.717, 1.165) is 10.6 Å². The van der Waals surface area contributed by atoms with Crippen LogP contribution in [0.4, 0.5) is 10.5 Å². The van der Waals surface area contributed by atoms with Crippen LogP contribution in [0.5, 0.6) is 0 Å². The van der Waals surface area contributed by atoms with Crippen molar-refractivity contribution in [3.63, 3.8) is 0 Å². The van der Waals surface area contributed by atoms with Gasteiger partial charge in [-0.1, -0.05) is 12.1 Å². The van der Waals surface area contributed by atoms with E-state index >= 15 is 0 Å². The van der Waals surface area contributed by atoms with E-state index in [0.29, 0.717) is 0 Å². The first-order valence-electron chi connectivity index (χ1n) is 6.91. The van der Waals surface area contributed by atoms with Crippen LogP contribution in [0, 0.1) is 0 Å². The summed E-state index contributed by atoms with van der Waals surface area (Å²) in [5, 5.41) is 4.89. The number of hydrogen-bond acceptors (Lipinski definition) is 6. The van der Waals surface area contributed by atoms with E-state index in [2.05, 4.69) is 15.4 Å². The molecule has 7 nitrogen and oxygen atoms in total. The lowest BCUT2D eigenvalue weighted by Crippen LogP contribution is -2.47. The molecule has 0 fully saturated rings. The number of carbonyl (C=O) groups is 3. The molecule has 1 atom stereocenters. The highest BCUT2D eigenvalue weighted by atomic mass is 32.2. The van der Waals surface area contributed by atoms with Gasteiger partial charge in [-0.2, -0.15) is 0 Å². The molecule has 8 heteroatoms. The number of carbonyl (C=O) groups excluding carboxylic acids is 3. The summed E-state index contributed by atoms with van der Waals surface area (Å²) in [6.07, 6.45) is 1.10. The third-order valence-electron chi connectivity index (χ3n) is 3.23. The van der Waals surface area contributed by atoms with E-state index in [4.69, 9.17) is 0 Å². The molecular formula is C15H21N3O4S. The lowest BCUT2D eigenvalue weighted by atomic mass is 10.2. The molecule has 0 unspecified atom stereocenters. The maximum atomic E-state index is 12.1. The summed E-state index contributed by atoms with van der Waals surface area (Å²) in [5.41, 5.74) is 0.727. The number of hydrogen-bond donors (Lipinski definition) is 2. The fourth-order valence-electron chi connectivity index (χ4n) is 1.76. The minimum atomic E-state index is -0.825. The summed E-state index contributed by atoms with van der Waals surface area (Å²) in [5.74, 6) is -0.775. The zero-order valence-corrected chi connectivity index (χ0v) is 14.4. The second-order valence-electron chi connectivity index (χ2n) is 4.82. The predicted molar refractivity (Wildman–Crippen MR) is 89.5 cm³/mol. The van der Waals surface area contributed by atoms with Crippen LogP contribution in [-0.4, -0.2) is 55.8 Å². The number of imide groups is 1. The van der Waals surface area contributed by atoms with Crippen LogP contribution in [0.1, 0.15) is 6.92 Å². The van der Waals surface area contributed by atoms with Gasteiger partial charge in [0, 0.05) is 4.90 Å². The van der Waals surface area contributed by atoms with E-state index in [1.54, 1.807) is 14.0 Å². The summed E-state index contributed by atoms with van der Waals surface area (Å²) < 4.78 is 4.37. The molecular weight excluding hydrogens is 318 g/mol. The summed E-state index contributed by atoms with van der Waals surface area (Å²) in [6, 6.07) is 6.81. The van der Waals surface area contributed by atoms with Gasteiger partial charge in [0.25, 0.3) is 0 Å². The quantitative estimate of drug-likeness (QED) is 0.765. The van der Waals surface area contributed by atoms with Crippen LogP contribution in [0.15, 0.2) is 29.2 Å². The number of anilines is 1. The Morgan fingerprint density at radius 2 is 1.96 bits per heavy atom. The standard InChI is InChI=1S/C15H21N3O4S/c1-10(14(20)17-15(21)22-3)18(2)9-13(19)16-11-7-5-6-8-12(11)23-4/h5-8,10H,9H2,1-4H3,(H,16,19)(H,17,20,21)/t10-/m1/s1. The smallest absolute Gasteiger partial charge is 0.413 e. The molecule has 0 heterocycles. The van der Waals surface area contributed by atoms with Gasteiger partial charge in [-0.3, -0.25) is 19.8 Å². The average molecular weight is 339 g/mol. The van der Waals surface area contributed by atoms with Gasteiger partial charge >= 0.3 is 6.09 Å². The average Bonchev–Trinajstić information content (AvgIpc) is 2.54. The van der Waals surface area contributed by atoms with Crippen molar-refractivity contribution >= 4 is 35.4 Å². The maximum Gasteiger partial charge on any atom is 0.413 e. The highest BCUT2D eigenvalue weighted by molar-refractivity contribution is 7.98. The topological polar surface area (TPSA) is 87.7 Å². The fourth-order valence-corrected chi connectivity index (χ4v) is 2.31. The monoisotopic (exact) mass is 339 g/mol. The maximum absolute atomic E-state index is 12.1. The molecule has 0 aromatic heterocycles. The fraction of sp³-hybridized carbons (Fsp3) is 0.400. The molecule has 2 N–H and O–H groups in total. The van der Waals surface area contributed by atoms with Crippen molar-refractivity contribution in [3.05, 3.63) is 24.3 Å². The summed E-state index contributed by atoms with van der Waals surface area (Å²) in [4.78, 5) is 37.4. The van der Waals surface area contributed by atoms with E-state index < -0.39 is 18.0 Å². The van der Waals surface area contributed by atoms with Gasteiger partial charge < -0.3 is 10.1 Å². The van der Waals surface area contributed by atoms with Crippen LogP contribution < -0.4 is 10.6 Å². The molecule has 0 aliphatic rings. The number of rotatable bonds is 6. The van der Waals surface area contributed by atoms with E-state index in [1.807, 2.05) is 30.5 Å². The zero-order chi connectivity index (χ0) is 17.4. The molecule has 1 aromatic rings. The highest BCUT2D eigenvalue weighted by Crippen LogP contribution is 2.24. The second kappa shape index (κ2) is 9.16. The number of thioether (sulfide) groups is 1. The van der Waals surface area contributed by atoms with Crippen LogP contribution in [-0.2, 0) is 14.3 Å². The SMILES string of the molecule is COC(=O)NC(=O)[C@@H](C)N(C)CC(=O)Nc1ccccc1SC. The Morgan fingerprint density at radius 3 is 2.57 bits per heavy atom. The van der Waals surface area contributed by atoms with Crippen molar-refractivity contribution in [1.29, 1.82) is 0 Å². The molecule has 1 rings (SSSR count). The van der Waals surface area contributed by atoms with Crippen molar-refractivity contribution in [2.75, 3.05) is 32.3 Å². The first-order valence-corrected chi connectivity index (χ1v) is 8.13. The first kappa shape index (κ1) is 19.0. The Kier molecular flexibility index (Phi) is 7.56. The van der Waals surface area contributed by atoms with Gasteiger partial charge in [-0.05, 0) is 32.4 Å². The third-order valence-corrected chi connectivity index (χ3v) is 4.02. The van der Waals surface area contributed by atoms with Gasteiger partial charge in [0.1, 0.15) is 0 Å². The van der Waals surface area contributed by atoms with E-state index in [1.165, 1.54) is 23.8 Å². The first-order chi connectivity index (χ1) is 10.9. The van der Waals surface area contributed by atoms with Gasteiger partial charge in [-0.15, -0.1) is 11.8 Å². The molecule has 0 saturated heterocycles. The molecule has 0 spiro atoms. The highest BCUT2D eigenvalue weighted by Gasteiger charge is 2.22. The minimum absolute atomic E-state index is 0.0124. The largest absolute Gasteiger partial charge is 0.453 e. The molecule has 23 heavy (non-hydrogen) atoms. The van der Waals surface area contributed by atoms with Crippen molar-refractivity contribution in [2.45, 2.75) is 17.9 Å². The second-order valence-corrected chi connectivity index (χ2v) is 5.67. The van der Waals surface area contributed by atoms with Gasteiger partial charge in [0.05, 0.1) is 25.4 Å². The summed E-state index contributed by atoms with van der Waals surface area (Å²) in [7, 11) is 2.80. The Balaban J connectivity index is 2.59. The number of alkyl carbamates (subject to hydrolysis) is 1. The number of para-hydroxylation sites is 1. The van der Waals surface area contributed by atoms with E-state index in [-0.39, 0.29) is 12.5 Å². The molecule has 0 aliphatic carbocycles. The molecule has 3 amide bonds. The predicted octanol–water partition coefficient (Wildman–Crippen LogP) is 1.55. The Morgan fingerprint density at radius 1 is 1.30 bits per heavy atom. The van der Waals surface area contributed by atoms with Crippen molar-refractivity contribution in [3.8, 4) is 0 Å². The number of nitrogens with zero attached hydrogens (tertiary/aromatic N) is 1. The molecule has 0 radical (unpaired) electrons. The Hall–Kier alpha value is -2.06.